The van der Waals surface area contributed by atoms with E-state index in [1.165, 1.54) is 18.5 Å². The Kier molecular flexibility index (Phi) is 5.80. The van der Waals surface area contributed by atoms with Crippen molar-refractivity contribution >= 4 is 23.1 Å². The maximum atomic E-state index is 13.1. The quantitative estimate of drug-likeness (QED) is 0.474. The van der Waals surface area contributed by atoms with Gasteiger partial charge < -0.3 is 16.0 Å². The normalized spacial score (nSPS) is 10.6. The first kappa shape index (κ1) is 19.3. The average Bonchev–Trinajstić information content (AvgIpc) is 2.79. The van der Waals surface area contributed by atoms with Gasteiger partial charge in [-0.3, -0.25) is 0 Å². The van der Waals surface area contributed by atoms with Gasteiger partial charge in [-0.1, -0.05) is 48.5 Å². The van der Waals surface area contributed by atoms with Crippen molar-refractivity contribution in [2.75, 3.05) is 16.0 Å². The Morgan fingerprint density at radius 3 is 2.33 bits per heavy atom. The Bertz CT molecular complexity index is 1090. The monoisotopic (exact) mass is 400 g/mol. The van der Waals surface area contributed by atoms with E-state index in [4.69, 9.17) is 5.73 Å². The molecule has 0 amide bonds. The van der Waals surface area contributed by atoms with E-state index in [1.54, 1.807) is 18.3 Å². The zero-order chi connectivity index (χ0) is 20.8. The molecule has 0 unspecified atom stereocenters. The van der Waals surface area contributed by atoms with Crippen molar-refractivity contribution in [3.63, 3.8) is 0 Å². The van der Waals surface area contributed by atoms with Crippen LogP contribution in [0.15, 0.2) is 85.3 Å². The summed E-state index contributed by atoms with van der Waals surface area (Å²) in [7, 11) is 0. The van der Waals surface area contributed by atoms with Gasteiger partial charge in [0.25, 0.3) is 0 Å². The van der Waals surface area contributed by atoms with E-state index >= 15 is 0 Å². The number of nitrogens with zero attached hydrogens (tertiary/aromatic N) is 4. The number of nitrogen functional groups attached to an aromatic ring is 1. The molecular weight excluding hydrogens is 379 g/mol. The van der Waals surface area contributed by atoms with Crippen molar-refractivity contribution in [1.29, 1.82) is 0 Å². The summed E-state index contributed by atoms with van der Waals surface area (Å²) >= 11 is 0. The maximum absolute atomic E-state index is 13.1. The topological polar surface area (TPSA) is 80.0 Å². The summed E-state index contributed by atoms with van der Waals surface area (Å²) in [4.78, 5) is 15.2. The summed E-state index contributed by atoms with van der Waals surface area (Å²) in [6.45, 7) is 1.01. The molecule has 0 fully saturated rings. The van der Waals surface area contributed by atoms with Crippen LogP contribution < -0.4 is 16.0 Å². The van der Waals surface area contributed by atoms with Gasteiger partial charge in [0.1, 0.15) is 23.6 Å². The summed E-state index contributed by atoms with van der Waals surface area (Å²) in [5.41, 5.74) is 8.88. The van der Waals surface area contributed by atoms with Crippen molar-refractivity contribution in [2.24, 2.45) is 0 Å². The Morgan fingerprint density at radius 2 is 1.60 bits per heavy atom. The van der Waals surface area contributed by atoms with Crippen LogP contribution in [0.3, 0.4) is 0 Å². The van der Waals surface area contributed by atoms with E-state index < -0.39 is 0 Å². The van der Waals surface area contributed by atoms with Crippen molar-refractivity contribution in [2.45, 2.75) is 13.1 Å². The minimum absolute atomic E-state index is 0.269. The van der Waals surface area contributed by atoms with E-state index in [1.807, 2.05) is 53.4 Å². The third-order valence-electron chi connectivity index (χ3n) is 4.60. The highest BCUT2D eigenvalue weighted by molar-refractivity contribution is 5.78. The lowest BCUT2D eigenvalue weighted by molar-refractivity contribution is 0.627. The summed E-state index contributed by atoms with van der Waals surface area (Å²) in [6, 6.07) is 22.0. The molecule has 150 valence electrons. The first-order valence-electron chi connectivity index (χ1n) is 9.52. The van der Waals surface area contributed by atoms with Crippen molar-refractivity contribution in [3.05, 3.63) is 102 Å². The van der Waals surface area contributed by atoms with Crippen LogP contribution >= 0.6 is 0 Å². The molecular formula is C23H21FN6. The minimum atomic E-state index is -0.269. The van der Waals surface area contributed by atoms with Gasteiger partial charge in [0.2, 0.25) is 0 Å². The number of benzene rings is 2. The number of aromatic nitrogens is 3. The van der Waals surface area contributed by atoms with E-state index in [2.05, 4.69) is 20.3 Å². The van der Waals surface area contributed by atoms with Crippen LogP contribution in [0.2, 0.25) is 0 Å². The van der Waals surface area contributed by atoms with Gasteiger partial charge >= 0.3 is 0 Å². The largest absolute Gasteiger partial charge is 0.393 e. The lowest BCUT2D eigenvalue weighted by Gasteiger charge is -2.25. The van der Waals surface area contributed by atoms with Gasteiger partial charge in [0.05, 0.1) is 6.54 Å². The standard InChI is InChI=1S/C23H21FN6/c24-19-11-9-17(10-12-19)14-27-22-21(25)23(29-16-28-22)30(20-8-4-5-13-26-20)15-18-6-2-1-3-7-18/h1-13,16H,14-15,25H2,(H,27,28,29). The highest BCUT2D eigenvalue weighted by Crippen LogP contribution is 2.32. The van der Waals surface area contributed by atoms with Crippen LogP contribution in [-0.4, -0.2) is 15.0 Å². The van der Waals surface area contributed by atoms with Crippen molar-refractivity contribution in [1.82, 2.24) is 15.0 Å². The molecule has 30 heavy (non-hydrogen) atoms. The Balaban J connectivity index is 1.63. The lowest BCUT2D eigenvalue weighted by Crippen LogP contribution is -2.21. The second-order valence-electron chi connectivity index (χ2n) is 6.70. The molecule has 2 aromatic carbocycles. The zero-order valence-electron chi connectivity index (χ0n) is 16.2. The second-order valence-corrected chi connectivity index (χ2v) is 6.70. The van der Waals surface area contributed by atoms with Gasteiger partial charge in [-0.25, -0.2) is 19.3 Å². The molecule has 0 spiro atoms. The molecule has 0 aliphatic heterocycles. The van der Waals surface area contributed by atoms with Crippen molar-refractivity contribution < 1.29 is 4.39 Å². The number of nitrogens with one attached hydrogen (secondary N) is 1. The van der Waals surface area contributed by atoms with Gasteiger partial charge in [-0.2, -0.15) is 0 Å². The number of hydrogen-bond acceptors (Lipinski definition) is 6. The van der Waals surface area contributed by atoms with Crippen LogP contribution in [0, 0.1) is 5.82 Å². The third-order valence-corrected chi connectivity index (χ3v) is 4.60. The van der Waals surface area contributed by atoms with Gasteiger partial charge in [0, 0.05) is 12.7 Å². The molecule has 3 N–H and O–H groups in total. The fourth-order valence-electron chi connectivity index (χ4n) is 3.07. The summed E-state index contributed by atoms with van der Waals surface area (Å²) < 4.78 is 13.1. The molecule has 7 heteroatoms. The molecule has 2 heterocycles. The fraction of sp³-hybridized carbons (Fsp3) is 0.0870. The fourth-order valence-corrected chi connectivity index (χ4v) is 3.07. The molecule has 0 aliphatic rings. The zero-order valence-corrected chi connectivity index (χ0v) is 16.2. The molecule has 0 saturated carbocycles. The predicted octanol–water partition coefficient (Wildman–Crippen LogP) is 4.54. The number of hydrogen-bond donors (Lipinski definition) is 2. The molecule has 4 aromatic rings. The molecule has 0 radical (unpaired) electrons. The van der Waals surface area contributed by atoms with Crippen LogP contribution in [0.1, 0.15) is 11.1 Å². The highest BCUT2D eigenvalue weighted by atomic mass is 19.1. The Labute approximate surface area is 174 Å². The molecule has 0 bridgehead atoms. The second kappa shape index (κ2) is 9.00. The van der Waals surface area contributed by atoms with E-state index in [0.29, 0.717) is 30.4 Å². The lowest BCUT2D eigenvalue weighted by atomic mass is 10.2. The molecule has 6 nitrogen and oxygen atoms in total. The number of rotatable bonds is 7. The Hall–Kier alpha value is -4.00. The smallest absolute Gasteiger partial charge is 0.163 e. The van der Waals surface area contributed by atoms with Crippen molar-refractivity contribution in [3.8, 4) is 0 Å². The number of pyridine rings is 1. The third kappa shape index (κ3) is 4.52. The molecule has 0 aliphatic carbocycles. The highest BCUT2D eigenvalue weighted by Gasteiger charge is 2.18. The molecule has 2 aromatic heterocycles. The van der Waals surface area contributed by atoms with Crippen LogP contribution in [0.5, 0.6) is 0 Å². The summed E-state index contributed by atoms with van der Waals surface area (Å²) in [5.74, 6) is 1.54. The van der Waals surface area contributed by atoms with Crippen LogP contribution in [0.4, 0.5) is 27.5 Å². The minimum Gasteiger partial charge on any atom is -0.393 e. The van der Waals surface area contributed by atoms with Gasteiger partial charge in [-0.05, 0) is 35.4 Å². The number of anilines is 4. The Morgan fingerprint density at radius 1 is 0.833 bits per heavy atom. The first-order valence-corrected chi connectivity index (χ1v) is 9.52. The number of nitrogens with two attached hydrogens (primary N) is 1. The van der Waals surface area contributed by atoms with E-state index in [-0.39, 0.29) is 5.82 Å². The molecule has 4 rings (SSSR count). The van der Waals surface area contributed by atoms with E-state index in [9.17, 15) is 4.39 Å². The summed E-state index contributed by atoms with van der Waals surface area (Å²) in [5, 5.41) is 3.21. The first-order chi connectivity index (χ1) is 14.7. The molecule has 0 saturated heterocycles. The predicted molar refractivity (Wildman–Crippen MR) is 117 cm³/mol. The van der Waals surface area contributed by atoms with Crippen LogP contribution in [0.25, 0.3) is 0 Å². The molecule has 0 atom stereocenters. The van der Waals surface area contributed by atoms with Gasteiger partial charge in [0.15, 0.2) is 11.6 Å². The van der Waals surface area contributed by atoms with Crippen LogP contribution in [-0.2, 0) is 13.1 Å². The van der Waals surface area contributed by atoms with Gasteiger partial charge in [-0.15, -0.1) is 0 Å². The summed E-state index contributed by atoms with van der Waals surface area (Å²) in [6.07, 6.45) is 3.21. The SMILES string of the molecule is Nc1c(NCc2ccc(F)cc2)ncnc1N(Cc1ccccc1)c1ccccn1. The maximum Gasteiger partial charge on any atom is 0.163 e. The van der Waals surface area contributed by atoms with E-state index in [0.717, 1.165) is 16.9 Å². The number of halogens is 1. The average molecular weight is 400 g/mol.